The molecule has 184 valence electrons. The van der Waals surface area contributed by atoms with Crippen LogP contribution in [0, 0.1) is 6.92 Å². The van der Waals surface area contributed by atoms with Gasteiger partial charge in [0, 0.05) is 58.2 Å². The number of ether oxygens (including phenoxy) is 1. The monoisotopic (exact) mass is 497 g/mol. The molecule has 4 rings (SSSR count). The quantitative estimate of drug-likeness (QED) is 0.474. The lowest BCUT2D eigenvalue weighted by Crippen LogP contribution is -2.57. The Balaban J connectivity index is 1.52. The highest BCUT2D eigenvalue weighted by molar-refractivity contribution is 6.29. The zero-order valence-corrected chi connectivity index (χ0v) is 20.5. The molecule has 35 heavy (non-hydrogen) atoms. The van der Waals surface area contributed by atoms with Crippen molar-refractivity contribution in [1.82, 2.24) is 29.7 Å². The van der Waals surface area contributed by atoms with E-state index < -0.39 is 0 Å². The van der Waals surface area contributed by atoms with Crippen LogP contribution in [-0.2, 0) is 20.9 Å². The number of carbonyl (C=O) groups is 2. The van der Waals surface area contributed by atoms with Gasteiger partial charge in [-0.2, -0.15) is 4.98 Å². The van der Waals surface area contributed by atoms with Crippen LogP contribution in [0.1, 0.15) is 17.5 Å². The number of nitrogens with one attached hydrogen (secondary N) is 1. The fourth-order valence-electron chi connectivity index (χ4n) is 4.00. The van der Waals surface area contributed by atoms with E-state index in [9.17, 15) is 9.59 Å². The Morgan fingerprint density at radius 2 is 2.00 bits per heavy atom. The molecule has 1 unspecified atom stereocenters. The second-order valence-electron chi connectivity index (χ2n) is 8.41. The third kappa shape index (κ3) is 6.34. The molecule has 0 saturated carbocycles. The molecule has 0 radical (unpaired) electrons. The van der Waals surface area contributed by atoms with Crippen molar-refractivity contribution in [2.24, 2.45) is 0 Å². The van der Waals surface area contributed by atoms with Crippen LogP contribution in [0.15, 0.2) is 49.1 Å². The van der Waals surface area contributed by atoms with Crippen LogP contribution in [0.5, 0.6) is 0 Å². The van der Waals surface area contributed by atoms with Crippen molar-refractivity contribution in [1.29, 1.82) is 0 Å². The molecule has 1 atom stereocenters. The topological polar surface area (TPSA) is 105 Å². The zero-order chi connectivity index (χ0) is 24.8. The van der Waals surface area contributed by atoms with Gasteiger partial charge in [0.2, 0.25) is 17.8 Å². The molecule has 1 aromatic carbocycles. The van der Waals surface area contributed by atoms with Crippen LogP contribution in [0.3, 0.4) is 0 Å². The Kier molecular flexibility index (Phi) is 7.94. The SMILES string of the molecule is COCC(=O)N1CCN(c2cc(Cl)nc(-n3ccnc3)n2)C(CC(=O)NCc2ccc(C)cc2)C1. The predicted molar refractivity (Wildman–Crippen MR) is 131 cm³/mol. The summed E-state index contributed by atoms with van der Waals surface area (Å²) < 4.78 is 6.69. The van der Waals surface area contributed by atoms with Gasteiger partial charge < -0.3 is 19.9 Å². The van der Waals surface area contributed by atoms with Gasteiger partial charge >= 0.3 is 0 Å². The van der Waals surface area contributed by atoms with E-state index in [1.165, 1.54) is 7.11 Å². The van der Waals surface area contributed by atoms with Gasteiger partial charge in [-0.15, -0.1) is 0 Å². The van der Waals surface area contributed by atoms with E-state index in [2.05, 4.69) is 20.3 Å². The van der Waals surface area contributed by atoms with Gasteiger partial charge in [-0.25, -0.2) is 9.97 Å². The molecule has 1 saturated heterocycles. The minimum absolute atomic E-state index is 0.00352. The van der Waals surface area contributed by atoms with E-state index in [1.807, 2.05) is 36.1 Å². The maximum atomic E-state index is 12.9. The van der Waals surface area contributed by atoms with Gasteiger partial charge in [-0.1, -0.05) is 41.4 Å². The smallest absolute Gasteiger partial charge is 0.248 e. The van der Waals surface area contributed by atoms with E-state index in [0.29, 0.717) is 37.9 Å². The molecule has 0 spiro atoms. The number of methoxy groups -OCH3 is 1. The minimum Gasteiger partial charge on any atom is -0.375 e. The highest BCUT2D eigenvalue weighted by atomic mass is 35.5. The van der Waals surface area contributed by atoms with Crippen molar-refractivity contribution in [3.63, 3.8) is 0 Å². The third-order valence-electron chi connectivity index (χ3n) is 5.83. The third-order valence-corrected chi connectivity index (χ3v) is 6.03. The van der Waals surface area contributed by atoms with Crippen molar-refractivity contribution >= 4 is 29.2 Å². The highest BCUT2D eigenvalue weighted by Gasteiger charge is 2.32. The number of halogens is 1. The van der Waals surface area contributed by atoms with Gasteiger partial charge in [0.15, 0.2) is 0 Å². The van der Waals surface area contributed by atoms with Crippen molar-refractivity contribution in [3.05, 3.63) is 65.3 Å². The molecule has 1 aliphatic heterocycles. The molecule has 3 heterocycles. The van der Waals surface area contributed by atoms with Crippen molar-refractivity contribution in [3.8, 4) is 5.95 Å². The van der Waals surface area contributed by atoms with Crippen molar-refractivity contribution < 1.29 is 14.3 Å². The van der Waals surface area contributed by atoms with E-state index in [0.717, 1.165) is 11.1 Å². The number of nitrogens with zero attached hydrogens (tertiary/aromatic N) is 6. The first-order chi connectivity index (χ1) is 16.9. The largest absolute Gasteiger partial charge is 0.375 e. The van der Waals surface area contributed by atoms with E-state index in [-0.39, 0.29) is 36.0 Å². The predicted octanol–water partition coefficient (Wildman–Crippen LogP) is 1.99. The van der Waals surface area contributed by atoms with Crippen molar-refractivity contribution in [2.75, 3.05) is 38.3 Å². The Morgan fingerprint density at radius 3 is 2.71 bits per heavy atom. The van der Waals surface area contributed by atoms with E-state index >= 15 is 0 Å². The number of hydrogen-bond donors (Lipinski definition) is 1. The summed E-state index contributed by atoms with van der Waals surface area (Å²) in [6, 6.07) is 9.39. The Bertz CT molecular complexity index is 1150. The van der Waals surface area contributed by atoms with Gasteiger partial charge in [0.25, 0.3) is 0 Å². The van der Waals surface area contributed by atoms with Gasteiger partial charge in [0.05, 0.1) is 6.04 Å². The minimum atomic E-state index is -0.302. The summed E-state index contributed by atoms with van der Waals surface area (Å²) in [6.07, 6.45) is 5.13. The number of anilines is 1. The molecule has 1 aliphatic rings. The van der Waals surface area contributed by atoms with Gasteiger partial charge in [-0.3, -0.25) is 14.2 Å². The molecule has 2 aromatic heterocycles. The van der Waals surface area contributed by atoms with Crippen LogP contribution in [0.25, 0.3) is 5.95 Å². The first-order valence-electron chi connectivity index (χ1n) is 11.3. The molecule has 11 heteroatoms. The average molecular weight is 498 g/mol. The summed E-state index contributed by atoms with van der Waals surface area (Å²) in [4.78, 5) is 42.1. The van der Waals surface area contributed by atoms with E-state index in [1.54, 1.807) is 34.3 Å². The Morgan fingerprint density at radius 1 is 1.20 bits per heavy atom. The highest BCUT2D eigenvalue weighted by Crippen LogP contribution is 2.24. The number of carbonyl (C=O) groups excluding carboxylic acids is 2. The summed E-state index contributed by atoms with van der Waals surface area (Å²) in [6.45, 7) is 3.78. The maximum absolute atomic E-state index is 12.9. The maximum Gasteiger partial charge on any atom is 0.248 e. The van der Waals surface area contributed by atoms with Crippen molar-refractivity contribution in [2.45, 2.75) is 25.9 Å². The molecule has 10 nitrogen and oxygen atoms in total. The number of rotatable bonds is 8. The normalized spacial score (nSPS) is 15.8. The molecule has 0 aliphatic carbocycles. The lowest BCUT2D eigenvalue weighted by Gasteiger charge is -2.42. The molecule has 1 fully saturated rings. The lowest BCUT2D eigenvalue weighted by molar-refractivity contribution is -0.136. The lowest BCUT2D eigenvalue weighted by atomic mass is 10.1. The Labute approximate surface area is 208 Å². The first-order valence-corrected chi connectivity index (χ1v) is 11.7. The van der Waals surface area contributed by atoms with E-state index in [4.69, 9.17) is 16.3 Å². The summed E-state index contributed by atoms with van der Waals surface area (Å²) in [7, 11) is 1.49. The second kappa shape index (κ2) is 11.3. The van der Waals surface area contributed by atoms with Crippen LogP contribution in [0.2, 0.25) is 5.15 Å². The number of benzene rings is 1. The number of imidazole rings is 1. The molecular weight excluding hydrogens is 470 g/mol. The fraction of sp³-hybridized carbons (Fsp3) is 0.375. The zero-order valence-electron chi connectivity index (χ0n) is 19.7. The van der Waals surface area contributed by atoms with Crippen LogP contribution in [0.4, 0.5) is 5.82 Å². The number of hydrogen-bond acceptors (Lipinski definition) is 7. The summed E-state index contributed by atoms with van der Waals surface area (Å²) >= 11 is 6.32. The Hall–Kier alpha value is -3.50. The molecule has 2 amide bonds. The fourth-order valence-corrected chi connectivity index (χ4v) is 4.17. The van der Waals surface area contributed by atoms with Crippen LogP contribution >= 0.6 is 11.6 Å². The average Bonchev–Trinajstić information content (AvgIpc) is 3.39. The number of aryl methyl sites for hydroxylation is 1. The summed E-state index contributed by atoms with van der Waals surface area (Å²) in [5.74, 6) is 0.739. The molecule has 3 aromatic rings. The molecular formula is C24H28ClN7O3. The number of aromatic nitrogens is 4. The van der Waals surface area contributed by atoms with Crippen LogP contribution in [-0.4, -0.2) is 75.6 Å². The molecule has 1 N–H and O–H groups in total. The van der Waals surface area contributed by atoms with Crippen LogP contribution < -0.4 is 10.2 Å². The standard InChI is InChI=1S/C24H28ClN7O3/c1-17-3-5-18(6-4-17)13-27-22(33)11-19-14-30(23(34)15-35-2)9-10-32(19)21-12-20(25)28-24(29-21)31-8-7-26-16-31/h3-8,12,16,19H,9-11,13-15H2,1-2H3,(H,27,33). The number of amides is 2. The second-order valence-corrected chi connectivity index (χ2v) is 8.79. The summed E-state index contributed by atoms with van der Waals surface area (Å²) in [5, 5.41) is 3.26. The first kappa shape index (κ1) is 24.6. The van der Waals surface area contributed by atoms with Gasteiger partial charge in [-0.05, 0) is 12.5 Å². The molecule has 0 bridgehead atoms. The van der Waals surface area contributed by atoms with Gasteiger partial charge in [0.1, 0.15) is 23.9 Å². The summed E-state index contributed by atoms with van der Waals surface area (Å²) in [5.41, 5.74) is 2.19. The number of piperazine rings is 1.